The molecule has 1 atom stereocenters. The maximum absolute atomic E-state index is 12.7. The van der Waals surface area contributed by atoms with E-state index in [1.165, 1.54) is 18.4 Å². The van der Waals surface area contributed by atoms with Gasteiger partial charge in [0.05, 0.1) is 27.0 Å². The van der Waals surface area contributed by atoms with Crippen LogP contribution in [0.3, 0.4) is 0 Å². The molecule has 2 heterocycles. The van der Waals surface area contributed by atoms with E-state index >= 15 is 0 Å². The molecule has 0 aliphatic heterocycles. The highest BCUT2D eigenvalue weighted by molar-refractivity contribution is 7.12. The number of aromatic nitrogens is 1. The molecule has 0 saturated carbocycles. The number of benzene rings is 2. The smallest absolute Gasteiger partial charge is 0.350 e. The number of methoxy groups -OCH3 is 3. The quantitative estimate of drug-likeness (QED) is 0.309. The van der Waals surface area contributed by atoms with E-state index in [1.807, 2.05) is 48.7 Å². The van der Waals surface area contributed by atoms with Crippen molar-refractivity contribution >= 4 is 39.9 Å². The van der Waals surface area contributed by atoms with Crippen LogP contribution in [0.2, 0.25) is 0 Å². The van der Waals surface area contributed by atoms with Gasteiger partial charge in [-0.1, -0.05) is 24.3 Å². The third-order valence-corrected chi connectivity index (χ3v) is 6.45. The molecule has 0 aliphatic rings. The van der Waals surface area contributed by atoms with Gasteiger partial charge in [-0.3, -0.25) is 0 Å². The fourth-order valence-corrected chi connectivity index (χ4v) is 4.64. The number of rotatable bonds is 8. The molecule has 9 heteroatoms. The van der Waals surface area contributed by atoms with Gasteiger partial charge in [-0.2, -0.15) is 0 Å². The minimum Gasteiger partial charge on any atom is -0.493 e. The van der Waals surface area contributed by atoms with E-state index in [9.17, 15) is 9.59 Å². The minimum absolute atomic E-state index is 0.177. The summed E-state index contributed by atoms with van der Waals surface area (Å²) in [5.74, 6) is 0.564. The molecule has 2 amide bonds. The lowest BCUT2D eigenvalue weighted by atomic mass is 9.90. The predicted molar refractivity (Wildman–Crippen MR) is 132 cm³/mol. The molecule has 0 spiro atoms. The Kier molecular flexibility index (Phi) is 7.03. The monoisotopic (exact) mass is 479 g/mol. The Morgan fingerprint density at radius 2 is 1.82 bits per heavy atom. The summed E-state index contributed by atoms with van der Waals surface area (Å²) >= 11 is 1.21. The fourth-order valence-electron chi connectivity index (χ4n) is 3.88. The van der Waals surface area contributed by atoms with Crippen LogP contribution in [0.1, 0.15) is 26.7 Å². The number of aromatic amines is 1. The normalized spacial score (nSPS) is 11.6. The third kappa shape index (κ3) is 4.69. The van der Waals surface area contributed by atoms with Gasteiger partial charge in [-0.15, -0.1) is 11.3 Å². The fraction of sp³-hybridized carbons (Fsp3) is 0.200. The topological polar surface area (TPSA) is 102 Å². The second-order valence-electron chi connectivity index (χ2n) is 7.45. The summed E-state index contributed by atoms with van der Waals surface area (Å²) < 4.78 is 15.7. The average Bonchev–Trinajstić information content (AvgIpc) is 3.51. The van der Waals surface area contributed by atoms with Crippen LogP contribution >= 0.6 is 11.3 Å². The summed E-state index contributed by atoms with van der Waals surface area (Å²) in [7, 11) is 4.49. The summed E-state index contributed by atoms with van der Waals surface area (Å²) in [6.45, 7) is 0.306. The zero-order valence-electron chi connectivity index (χ0n) is 19.0. The number of H-pyrrole nitrogens is 1. The van der Waals surface area contributed by atoms with Crippen molar-refractivity contribution < 1.29 is 23.8 Å². The summed E-state index contributed by atoms with van der Waals surface area (Å²) in [5, 5.41) is 8.47. The second-order valence-corrected chi connectivity index (χ2v) is 8.36. The standard InChI is InChI=1S/C25H25N3O5S/c1-31-21-9-8-15(12-22(21)32-2)17(18-14-26-19-7-5-4-6-16(18)19)13-27-25(30)28-20-10-11-34-23(20)24(29)33-3/h4-12,14,17,26H,13H2,1-3H3,(H2,27,28,30)/t17-/m1/s1. The average molecular weight is 480 g/mol. The molecule has 2 aromatic carbocycles. The number of amides is 2. The molecule has 0 saturated heterocycles. The number of ether oxygens (including phenoxy) is 3. The number of para-hydroxylation sites is 1. The van der Waals surface area contributed by atoms with E-state index in [2.05, 4.69) is 15.6 Å². The third-order valence-electron chi connectivity index (χ3n) is 5.56. The Hall–Kier alpha value is -3.98. The van der Waals surface area contributed by atoms with Crippen molar-refractivity contribution in [3.05, 3.63) is 76.1 Å². The first kappa shape index (κ1) is 23.2. The molecule has 8 nitrogen and oxygen atoms in total. The number of hydrogen-bond acceptors (Lipinski definition) is 6. The van der Waals surface area contributed by atoms with Crippen LogP contribution in [0.25, 0.3) is 10.9 Å². The molecule has 0 bridgehead atoms. The van der Waals surface area contributed by atoms with Gasteiger partial charge in [-0.05, 0) is 40.8 Å². The number of thiophene rings is 1. The Labute approximate surface area is 200 Å². The van der Waals surface area contributed by atoms with Crippen molar-refractivity contribution in [3.8, 4) is 11.5 Å². The number of fused-ring (bicyclic) bond motifs is 1. The highest BCUT2D eigenvalue weighted by atomic mass is 32.1. The van der Waals surface area contributed by atoms with E-state index in [-0.39, 0.29) is 5.92 Å². The van der Waals surface area contributed by atoms with E-state index in [1.54, 1.807) is 25.7 Å². The Balaban J connectivity index is 1.61. The first-order valence-corrected chi connectivity index (χ1v) is 11.4. The van der Waals surface area contributed by atoms with E-state index in [0.717, 1.165) is 22.0 Å². The zero-order chi connectivity index (χ0) is 24.1. The first-order chi connectivity index (χ1) is 16.5. The van der Waals surface area contributed by atoms with Crippen molar-refractivity contribution in [2.24, 2.45) is 0 Å². The van der Waals surface area contributed by atoms with Gasteiger partial charge < -0.3 is 29.8 Å². The van der Waals surface area contributed by atoms with Crippen LogP contribution in [-0.2, 0) is 4.74 Å². The molecular weight excluding hydrogens is 454 g/mol. The van der Waals surface area contributed by atoms with E-state index in [0.29, 0.717) is 28.6 Å². The van der Waals surface area contributed by atoms with Gasteiger partial charge >= 0.3 is 12.0 Å². The summed E-state index contributed by atoms with van der Waals surface area (Å²) in [6.07, 6.45) is 1.96. The Bertz CT molecular complexity index is 1310. The lowest BCUT2D eigenvalue weighted by Crippen LogP contribution is -2.33. The molecule has 4 rings (SSSR count). The van der Waals surface area contributed by atoms with Crippen molar-refractivity contribution in [2.45, 2.75) is 5.92 Å². The summed E-state index contributed by atoms with van der Waals surface area (Å²) in [6, 6.07) is 15.0. The molecule has 0 radical (unpaired) electrons. The van der Waals surface area contributed by atoms with Crippen molar-refractivity contribution in [2.75, 3.05) is 33.2 Å². The van der Waals surface area contributed by atoms with Gasteiger partial charge in [0.25, 0.3) is 0 Å². The van der Waals surface area contributed by atoms with Gasteiger partial charge in [-0.25, -0.2) is 9.59 Å². The number of nitrogens with one attached hydrogen (secondary N) is 3. The van der Waals surface area contributed by atoms with Crippen LogP contribution in [-0.4, -0.2) is 44.9 Å². The van der Waals surface area contributed by atoms with Crippen LogP contribution in [0.5, 0.6) is 11.5 Å². The molecule has 176 valence electrons. The van der Waals surface area contributed by atoms with Gasteiger partial charge in [0.1, 0.15) is 4.88 Å². The Morgan fingerprint density at radius 1 is 1.03 bits per heavy atom. The number of anilines is 1. The molecule has 3 N–H and O–H groups in total. The number of carbonyl (C=O) groups excluding carboxylic acids is 2. The van der Waals surface area contributed by atoms with Crippen LogP contribution < -0.4 is 20.1 Å². The summed E-state index contributed by atoms with van der Waals surface area (Å²) in [5.41, 5.74) is 3.40. The largest absolute Gasteiger partial charge is 0.493 e. The number of urea groups is 1. The van der Waals surface area contributed by atoms with Gasteiger partial charge in [0.15, 0.2) is 11.5 Å². The van der Waals surface area contributed by atoms with Gasteiger partial charge in [0.2, 0.25) is 0 Å². The molecule has 0 unspecified atom stereocenters. The SMILES string of the molecule is COC(=O)c1sccc1NC(=O)NC[C@H](c1ccc(OC)c(OC)c1)c1c[nH]c2ccccc12. The van der Waals surface area contributed by atoms with Crippen molar-refractivity contribution in [3.63, 3.8) is 0 Å². The van der Waals surface area contributed by atoms with Gasteiger partial charge in [0, 0.05) is 29.6 Å². The molecule has 34 heavy (non-hydrogen) atoms. The van der Waals surface area contributed by atoms with E-state index in [4.69, 9.17) is 14.2 Å². The molecular formula is C25H25N3O5S. The lowest BCUT2D eigenvalue weighted by molar-refractivity contribution is 0.0607. The highest BCUT2D eigenvalue weighted by Crippen LogP contribution is 2.35. The van der Waals surface area contributed by atoms with Crippen molar-refractivity contribution in [1.29, 1.82) is 0 Å². The first-order valence-electron chi connectivity index (χ1n) is 10.5. The highest BCUT2D eigenvalue weighted by Gasteiger charge is 2.22. The zero-order valence-corrected chi connectivity index (χ0v) is 19.8. The molecule has 0 fully saturated rings. The maximum atomic E-state index is 12.7. The Morgan fingerprint density at radius 3 is 2.59 bits per heavy atom. The number of carbonyl (C=O) groups is 2. The summed E-state index contributed by atoms with van der Waals surface area (Å²) in [4.78, 5) is 28.3. The molecule has 0 aliphatic carbocycles. The molecule has 2 aromatic heterocycles. The number of hydrogen-bond donors (Lipinski definition) is 3. The minimum atomic E-state index is -0.493. The van der Waals surface area contributed by atoms with Crippen LogP contribution in [0.15, 0.2) is 60.1 Å². The molecule has 4 aromatic rings. The lowest BCUT2D eigenvalue weighted by Gasteiger charge is -2.20. The number of esters is 1. The van der Waals surface area contributed by atoms with Crippen LogP contribution in [0, 0.1) is 0 Å². The van der Waals surface area contributed by atoms with E-state index < -0.39 is 12.0 Å². The van der Waals surface area contributed by atoms with Crippen LogP contribution in [0.4, 0.5) is 10.5 Å². The maximum Gasteiger partial charge on any atom is 0.350 e. The van der Waals surface area contributed by atoms with Crippen molar-refractivity contribution in [1.82, 2.24) is 10.3 Å². The second kappa shape index (κ2) is 10.3. The predicted octanol–water partition coefficient (Wildman–Crippen LogP) is 4.99.